The lowest BCUT2D eigenvalue weighted by molar-refractivity contribution is -0.262. The molecule has 0 unspecified atom stereocenters. The molecule has 0 spiro atoms. The standard InChI is InChI=1S/C26H28ClF3N2O3/c27-23-16-22(7-6-20(23)17-33)31-12-8-18(9-13-31)19-10-14-32(15-11-19)24(34)25(35,26(28,29)30)21-4-2-1-3-5-21/h1-7,16-19,35H,8-15H2/t25-/m1/s1. The fourth-order valence-corrected chi connectivity index (χ4v) is 5.55. The first-order valence-electron chi connectivity index (χ1n) is 11.8. The van der Waals surface area contributed by atoms with Crippen LogP contribution in [0, 0.1) is 11.8 Å². The Morgan fingerprint density at radius 2 is 1.51 bits per heavy atom. The number of aliphatic hydroxyl groups is 1. The average molecular weight is 509 g/mol. The van der Waals surface area contributed by atoms with Crippen LogP contribution in [0.1, 0.15) is 41.6 Å². The van der Waals surface area contributed by atoms with Crippen LogP contribution in [0.25, 0.3) is 0 Å². The molecule has 0 aliphatic carbocycles. The smallest absolute Gasteiger partial charge is 0.371 e. The molecule has 2 aromatic carbocycles. The van der Waals surface area contributed by atoms with Gasteiger partial charge in [0.15, 0.2) is 6.29 Å². The van der Waals surface area contributed by atoms with Crippen molar-refractivity contribution in [2.45, 2.75) is 37.5 Å². The molecule has 1 atom stereocenters. The number of carbonyl (C=O) groups excluding carboxylic acids is 2. The van der Waals surface area contributed by atoms with Crippen LogP contribution in [0.15, 0.2) is 48.5 Å². The number of hydrogen-bond acceptors (Lipinski definition) is 4. The summed E-state index contributed by atoms with van der Waals surface area (Å²) in [6.07, 6.45) is -1.31. The Hall–Kier alpha value is -2.58. The quantitative estimate of drug-likeness (QED) is 0.574. The summed E-state index contributed by atoms with van der Waals surface area (Å²) < 4.78 is 41.6. The lowest BCUT2D eigenvalue weighted by Crippen LogP contribution is -2.57. The van der Waals surface area contributed by atoms with E-state index >= 15 is 0 Å². The molecule has 2 saturated heterocycles. The monoisotopic (exact) mass is 508 g/mol. The second-order valence-electron chi connectivity index (χ2n) is 9.35. The summed E-state index contributed by atoms with van der Waals surface area (Å²) in [4.78, 5) is 27.3. The molecular formula is C26H28ClF3N2O3. The van der Waals surface area contributed by atoms with Crippen LogP contribution in [0.3, 0.4) is 0 Å². The molecule has 1 N–H and O–H groups in total. The second kappa shape index (κ2) is 10.2. The zero-order valence-corrected chi connectivity index (χ0v) is 19.9. The summed E-state index contributed by atoms with van der Waals surface area (Å²) in [7, 11) is 0. The van der Waals surface area contributed by atoms with Gasteiger partial charge in [0.25, 0.3) is 11.5 Å². The van der Waals surface area contributed by atoms with Crippen LogP contribution in [-0.4, -0.2) is 54.6 Å². The van der Waals surface area contributed by atoms with Gasteiger partial charge in [0.2, 0.25) is 0 Å². The Labute approximate surface area is 207 Å². The molecule has 2 aliphatic rings. The molecule has 0 radical (unpaired) electrons. The van der Waals surface area contributed by atoms with Gasteiger partial charge in [-0.3, -0.25) is 9.59 Å². The molecule has 9 heteroatoms. The van der Waals surface area contributed by atoms with Crippen molar-refractivity contribution in [3.63, 3.8) is 0 Å². The number of amides is 1. The third-order valence-corrected chi connectivity index (χ3v) is 7.75. The maximum atomic E-state index is 13.9. The molecule has 0 aromatic heterocycles. The van der Waals surface area contributed by atoms with Crippen LogP contribution in [0.2, 0.25) is 5.02 Å². The van der Waals surface area contributed by atoms with Gasteiger partial charge in [-0.15, -0.1) is 0 Å². The van der Waals surface area contributed by atoms with Crippen molar-refractivity contribution >= 4 is 29.5 Å². The summed E-state index contributed by atoms with van der Waals surface area (Å²) in [6, 6.07) is 11.9. The lowest BCUT2D eigenvalue weighted by atomic mass is 9.78. The number of piperidine rings is 2. The summed E-state index contributed by atoms with van der Waals surface area (Å²) in [5.74, 6) is -0.568. The third kappa shape index (κ3) is 5.05. The molecule has 35 heavy (non-hydrogen) atoms. The minimum absolute atomic E-state index is 0.192. The van der Waals surface area contributed by atoms with Crippen molar-refractivity contribution in [3.05, 3.63) is 64.7 Å². The van der Waals surface area contributed by atoms with Gasteiger partial charge in [-0.05, 0) is 55.7 Å². The summed E-state index contributed by atoms with van der Waals surface area (Å²) >= 11 is 6.16. The van der Waals surface area contributed by atoms with Crippen LogP contribution in [0.5, 0.6) is 0 Å². The van der Waals surface area contributed by atoms with Crippen LogP contribution < -0.4 is 4.90 Å². The molecule has 2 aromatic rings. The van der Waals surface area contributed by atoms with E-state index in [4.69, 9.17) is 11.6 Å². The van der Waals surface area contributed by atoms with Gasteiger partial charge in [0.1, 0.15) is 0 Å². The molecule has 0 bridgehead atoms. The number of anilines is 1. The lowest BCUT2D eigenvalue weighted by Gasteiger charge is -2.42. The first kappa shape index (κ1) is 25.5. The van der Waals surface area contributed by atoms with Gasteiger partial charge in [-0.2, -0.15) is 13.2 Å². The van der Waals surface area contributed by atoms with Gasteiger partial charge < -0.3 is 14.9 Å². The molecule has 2 heterocycles. The Kier molecular flexibility index (Phi) is 7.43. The first-order chi connectivity index (χ1) is 16.6. The highest BCUT2D eigenvalue weighted by molar-refractivity contribution is 6.33. The van der Waals surface area contributed by atoms with E-state index in [0.29, 0.717) is 35.3 Å². The van der Waals surface area contributed by atoms with Gasteiger partial charge in [-0.1, -0.05) is 41.9 Å². The molecular weight excluding hydrogens is 481 g/mol. The van der Waals surface area contributed by atoms with E-state index in [0.717, 1.165) is 54.9 Å². The van der Waals surface area contributed by atoms with Crippen LogP contribution in [-0.2, 0) is 10.4 Å². The van der Waals surface area contributed by atoms with Crippen molar-refractivity contribution in [1.29, 1.82) is 0 Å². The van der Waals surface area contributed by atoms with Gasteiger partial charge in [-0.25, -0.2) is 0 Å². The zero-order chi connectivity index (χ0) is 25.2. The number of rotatable bonds is 5. The van der Waals surface area contributed by atoms with Crippen molar-refractivity contribution < 1.29 is 27.9 Å². The summed E-state index contributed by atoms with van der Waals surface area (Å²) in [5, 5.41) is 11.0. The minimum Gasteiger partial charge on any atom is -0.371 e. The van der Waals surface area contributed by atoms with Crippen molar-refractivity contribution in [1.82, 2.24) is 4.90 Å². The molecule has 188 valence electrons. The number of halogens is 4. The molecule has 2 aliphatic heterocycles. The molecule has 2 fully saturated rings. The maximum Gasteiger partial charge on any atom is 0.430 e. The van der Waals surface area contributed by atoms with Crippen molar-refractivity contribution in [3.8, 4) is 0 Å². The normalized spacial score (nSPS) is 19.9. The number of benzene rings is 2. The van der Waals surface area contributed by atoms with E-state index in [1.165, 1.54) is 18.2 Å². The molecule has 0 saturated carbocycles. The first-order valence-corrected chi connectivity index (χ1v) is 12.2. The highest BCUT2D eigenvalue weighted by Crippen LogP contribution is 2.42. The van der Waals surface area contributed by atoms with E-state index in [1.807, 2.05) is 6.07 Å². The van der Waals surface area contributed by atoms with Gasteiger partial charge in [0, 0.05) is 43.0 Å². The Morgan fingerprint density at radius 3 is 2.03 bits per heavy atom. The average Bonchev–Trinajstić information content (AvgIpc) is 2.88. The molecule has 1 amide bonds. The fourth-order valence-electron chi connectivity index (χ4n) is 5.33. The number of carbonyl (C=O) groups is 2. The van der Waals surface area contributed by atoms with E-state index in [-0.39, 0.29) is 13.1 Å². The highest BCUT2D eigenvalue weighted by atomic mass is 35.5. The van der Waals surface area contributed by atoms with E-state index in [9.17, 15) is 27.9 Å². The minimum atomic E-state index is -5.12. The Bertz CT molecular complexity index is 1050. The van der Waals surface area contributed by atoms with Gasteiger partial charge in [0.05, 0.1) is 5.02 Å². The summed E-state index contributed by atoms with van der Waals surface area (Å²) in [6.45, 7) is 2.03. The number of alkyl halides is 3. The summed E-state index contributed by atoms with van der Waals surface area (Å²) in [5.41, 5.74) is -2.59. The SMILES string of the molecule is O=Cc1ccc(N2CCC(C3CCN(C(=O)[C@](O)(c4ccccc4)C(F)(F)F)CC3)CC2)cc1Cl. The second-order valence-corrected chi connectivity index (χ2v) is 9.76. The van der Waals surface area contributed by atoms with E-state index in [2.05, 4.69) is 4.90 Å². The maximum absolute atomic E-state index is 13.9. The number of hydrogen-bond donors (Lipinski definition) is 1. The molecule has 4 rings (SSSR count). The number of likely N-dealkylation sites (tertiary alicyclic amines) is 1. The third-order valence-electron chi connectivity index (χ3n) is 7.42. The molecule has 5 nitrogen and oxygen atoms in total. The van der Waals surface area contributed by atoms with Gasteiger partial charge >= 0.3 is 6.18 Å². The largest absolute Gasteiger partial charge is 0.430 e. The van der Waals surface area contributed by atoms with E-state index in [1.54, 1.807) is 12.1 Å². The van der Waals surface area contributed by atoms with E-state index < -0.39 is 23.2 Å². The number of aldehydes is 1. The zero-order valence-electron chi connectivity index (χ0n) is 19.2. The Balaban J connectivity index is 1.35. The predicted octanol–water partition coefficient (Wildman–Crippen LogP) is 5.06. The Morgan fingerprint density at radius 1 is 0.943 bits per heavy atom. The van der Waals surface area contributed by atoms with Crippen molar-refractivity contribution in [2.24, 2.45) is 11.8 Å². The van der Waals surface area contributed by atoms with Crippen molar-refractivity contribution in [2.75, 3.05) is 31.1 Å². The topological polar surface area (TPSA) is 60.9 Å². The highest BCUT2D eigenvalue weighted by Gasteiger charge is 2.62. The number of nitrogens with zero attached hydrogens (tertiary/aromatic N) is 2. The van der Waals surface area contributed by atoms with Crippen LogP contribution in [0.4, 0.5) is 18.9 Å². The predicted molar refractivity (Wildman–Crippen MR) is 127 cm³/mol. The fraction of sp³-hybridized carbons (Fsp3) is 0.462. The van der Waals surface area contributed by atoms with Crippen LogP contribution >= 0.6 is 11.6 Å².